The van der Waals surface area contributed by atoms with Gasteiger partial charge in [-0.05, 0) is 37.7 Å². The molecule has 0 radical (unpaired) electrons. The van der Waals surface area contributed by atoms with Crippen LogP contribution in [0.2, 0.25) is 0 Å². The number of aromatic nitrogens is 2. The second kappa shape index (κ2) is 6.20. The molecule has 0 amide bonds. The lowest BCUT2D eigenvalue weighted by Gasteiger charge is -2.13. The van der Waals surface area contributed by atoms with Gasteiger partial charge in [0.15, 0.2) is 5.82 Å². The monoisotopic (exact) mass is 298 g/mol. The predicted octanol–water partition coefficient (Wildman–Crippen LogP) is 3.33. The maximum absolute atomic E-state index is 4.71. The molecule has 0 fully saturated rings. The Kier molecular flexibility index (Phi) is 4.13. The lowest BCUT2D eigenvalue weighted by atomic mass is 10.2. The summed E-state index contributed by atoms with van der Waals surface area (Å²) in [7, 11) is 4.13. The molecule has 0 aliphatic carbocycles. The summed E-state index contributed by atoms with van der Waals surface area (Å²) in [5, 5.41) is 6.55. The van der Waals surface area contributed by atoms with Crippen molar-refractivity contribution in [2.75, 3.05) is 32.5 Å². The molecule has 0 atom stereocenters. The van der Waals surface area contributed by atoms with Crippen LogP contribution < -0.4 is 5.32 Å². The van der Waals surface area contributed by atoms with Crippen LogP contribution in [0.25, 0.3) is 21.6 Å². The van der Waals surface area contributed by atoms with E-state index in [0.717, 1.165) is 40.5 Å². The second-order valence-corrected chi connectivity index (χ2v) is 6.07. The molecule has 2 heterocycles. The average molecular weight is 298 g/mol. The third-order valence-corrected chi connectivity index (χ3v) is 4.06. The SMILES string of the molecule is CN(C)CCNc1nc(-c2cccs2)nc2ccccc12. The quantitative estimate of drug-likeness (QED) is 0.784. The van der Waals surface area contributed by atoms with E-state index in [0.29, 0.717) is 0 Å². The van der Waals surface area contributed by atoms with Crippen molar-refractivity contribution >= 4 is 28.1 Å². The second-order valence-electron chi connectivity index (χ2n) is 5.12. The van der Waals surface area contributed by atoms with Crippen LogP contribution in [-0.4, -0.2) is 42.1 Å². The maximum atomic E-state index is 4.71. The van der Waals surface area contributed by atoms with Gasteiger partial charge >= 0.3 is 0 Å². The normalized spacial score (nSPS) is 11.2. The van der Waals surface area contributed by atoms with Crippen LogP contribution in [0.4, 0.5) is 5.82 Å². The van der Waals surface area contributed by atoms with E-state index in [9.17, 15) is 0 Å². The fraction of sp³-hybridized carbons (Fsp3) is 0.250. The van der Waals surface area contributed by atoms with Crippen LogP contribution in [0.1, 0.15) is 0 Å². The summed E-state index contributed by atoms with van der Waals surface area (Å²) >= 11 is 1.66. The van der Waals surface area contributed by atoms with Gasteiger partial charge in [-0.1, -0.05) is 18.2 Å². The summed E-state index contributed by atoms with van der Waals surface area (Å²) in [5.41, 5.74) is 0.975. The van der Waals surface area contributed by atoms with Crippen LogP contribution in [0.3, 0.4) is 0 Å². The first kappa shape index (κ1) is 14.0. The molecule has 0 aliphatic heterocycles. The number of hydrogen-bond donors (Lipinski definition) is 1. The smallest absolute Gasteiger partial charge is 0.172 e. The maximum Gasteiger partial charge on any atom is 0.172 e. The summed E-state index contributed by atoms with van der Waals surface area (Å²) in [5.74, 6) is 1.70. The van der Waals surface area contributed by atoms with E-state index in [1.807, 2.05) is 29.6 Å². The van der Waals surface area contributed by atoms with Gasteiger partial charge in [-0.3, -0.25) is 0 Å². The Morgan fingerprint density at radius 1 is 1.10 bits per heavy atom. The lowest BCUT2D eigenvalue weighted by Crippen LogP contribution is -2.21. The number of para-hydroxylation sites is 1. The Bertz CT molecular complexity index is 722. The molecule has 3 aromatic rings. The number of fused-ring (bicyclic) bond motifs is 1. The molecule has 0 bridgehead atoms. The number of nitrogens with zero attached hydrogens (tertiary/aromatic N) is 3. The number of hydrogen-bond acceptors (Lipinski definition) is 5. The van der Waals surface area contributed by atoms with Gasteiger partial charge in [-0.2, -0.15) is 0 Å². The minimum absolute atomic E-state index is 0.788. The number of likely N-dealkylation sites (N-methyl/N-ethyl adjacent to an activating group) is 1. The molecule has 0 aliphatic rings. The van der Waals surface area contributed by atoms with Crippen LogP contribution in [0.5, 0.6) is 0 Å². The Balaban J connectivity index is 1.99. The third kappa shape index (κ3) is 3.20. The van der Waals surface area contributed by atoms with Crippen LogP contribution >= 0.6 is 11.3 Å². The Morgan fingerprint density at radius 3 is 2.71 bits per heavy atom. The van der Waals surface area contributed by atoms with Gasteiger partial charge in [0.1, 0.15) is 5.82 Å². The predicted molar refractivity (Wildman–Crippen MR) is 89.9 cm³/mol. The zero-order valence-electron chi connectivity index (χ0n) is 12.2. The Hall–Kier alpha value is -1.98. The van der Waals surface area contributed by atoms with Crippen LogP contribution in [0.15, 0.2) is 41.8 Å². The van der Waals surface area contributed by atoms with Crippen molar-refractivity contribution in [2.45, 2.75) is 0 Å². The van der Waals surface area contributed by atoms with Gasteiger partial charge in [0.2, 0.25) is 0 Å². The molecule has 21 heavy (non-hydrogen) atoms. The van der Waals surface area contributed by atoms with Crippen molar-refractivity contribution in [3.05, 3.63) is 41.8 Å². The van der Waals surface area contributed by atoms with Crippen molar-refractivity contribution in [3.63, 3.8) is 0 Å². The first-order valence-corrected chi connectivity index (χ1v) is 7.81. The molecule has 0 unspecified atom stereocenters. The molecule has 5 heteroatoms. The molecule has 4 nitrogen and oxygen atoms in total. The van der Waals surface area contributed by atoms with Crippen molar-refractivity contribution in [1.82, 2.24) is 14.9 Å². The number of thiophene rings is 1. The molecule has 108 valence electrons. The zero-order chi connectivity index (χ0) is 14.7. The Labute approximate surface area is 128 Å². The summed E-state index contributed by atoms with van der Waals surface area (Å²) in [4.78, 5) is 12.6. The first-order valence-electron chi connectivity index (χ1n) is 6.93. The van der Waals surface area contributed by atoms with Gasteiger partial charge in [-0.15, -0.1) is 11.3 Å². The van der Waals surface area contributed by atoms with Crippen LogP contribution in [0, 0.1) is 0 Å². The standard InChI is InChI=1S/C16H18N4S/c1-20(2)10-9-17-15-12-6-3-4-7-13(12)18-16(19-15)14-8-5-11-21-14/h3-8,11H,9-10H2,1-2H3,(H,17,18,19). The number of benzene rings is 1. The van der Waals surface area contributed by atoms with E-state index < -0.39 is 0 Å². The summed E-state index contributed by atoms with van der Waals surface area (Å²) < 4.78 is 0. The van der Waals surface area contributed by atoms with Gasteiger partial charge in [-0.25, -0.2) is 9.97 Å². The molecule has 0 saturated carbocycles. The number of anilines is 1. The minimum Gasteiger partial charge on any atom is -0.368 e. The van der Waals surface area contributed by atoms with Gasteiger partial charge in [0, 0.05) is 18.5 Å². The van der Waals surface area contributed by atoms with Gasteiger partial charge in [0.05, 0.1) is 10.4 Å². The molecule has 0 spiro atoms. The molecular formula is C16H18N4S. The first-order chi connectivity index (χ1) is 10.2. The summed E-state index contributed by atoms with van der Waals surface area (Å²) in [6, 6.07) is 12.2. The third-order valence-electron chi connectivity index (χ3n) is 3.20. The van der Waals surface area contributed by atoms with Crippen molar-refractivity contribution in [1.29, 1.82) is 0 Å². The molecule has 3 rings (SSSR count). The van der Waals surface area contributed by atoms with E-state index in [1.54, 1.807) is 11.3 Å². The van der Waals surface area contributed by atoms with Crippen molar-refractivity contribution in [3.8, 4) is 10.7 Å². The van der Waals surface area contributed by atoms with Gasteiger partial charge < -0.3 is 10.2 Å². The molecule has 1 N–H and O–H groups in total. The summed E-state index contributed by atoms with van der Waals surface area (Å²) in [6.45, 7) is 1.82. The topological polar surface area (TPSA) is 41.0 Å². The molecule has 0 saturated heterocycles. The van der Waals surface area contributed by atoms with E-state index in [2.05, 4.69) is 41.4 Å². The number of nitrogens with one attached hydrogen (secondary N) is 1. The highest BCUT2D eigenvalue weighted by atomic mass is 32.1. The fourth-order valence-corrected chi connectivity index (χ4v) is 2.78. The van der Waals surface area contributed by atoms with E-state index >= 15 is 0 Å². The largest absolute Gasteiger partial charge is 0.368 e. The zero-order valence-corrected chi connectivity index (χ0v) is 13.0. The average Bonchev–Trinajstić information content (AvgIpc) is 3.01. The lowest BCUT2D eigenvalue weighted by molar-refractivity contribution is 0.425. The fourth-order valence-electron chi connectivity index (χ4n) is 2.13. The van der Waals surface area contributed by atoms with Crippen molar-refractivity contribution in [2.24, 2.45) is 0 Å². The van der Waals surface area contributed by atoms with Crippen LogP contribution in [-0.2, 0) is 0 Å². The highest BCUT2D eigenvalue weighted by Crippen LogP contribution is 2.27. The molecule has 2 aromatic heterocycles. The van der Waals surface area contributed by atoms with E-state index in [-0.39, 0.29) is 0 Å². The Morgan fingerprint density at radius 2 is 1.95 bits per heavy atom. The molecular weight excluding hydrogens is 280 g/mol. The van der Waals surface area contributed by atoms with E-state index in [4.69, 9.17) is 4.98 Å². The van der Waals surface area contributed by atoms with E-state index in [1.165, 1.54) is 0 Å². The highest BCUT2D eigenvalue weighted by molar-refractivity contribution is 7.13. The minimum atomic E-state index is 0.788. The number of rotatable bonds is 5. The van der Waals surface area contributed by atoms with Gasteiger partial charge in [0.25, 0.3) is 0 Å². The highest BCUT2D eigenvalue weighted by Gasteiger charge is 2.09. The summed E-state index contributed by atoms with van der Waals surface area (Å²) in [6.07, 6.45) is 0. The molecule has 1 aromatic carbocycles. The van der Waals surface area contributed by atoms with Crippen molar-refractivity contribution < 1.29 is 0 Å².